The molecule has 0 aliphatic carbocycles. The fourth-order valence-electron chi connectivity index (χ4n) is 3.83. The number of thiophene rings is 1. The van der Waals surface area contributed by atoms with Gasteiger partial charge < -0.3 is 16.2 Å². The second-order valence-electron chi connectivity index (χ2n) is 7.77. The number of hydrogen-bond acceptors (Lipinski definition) is 5. The highest BCUT2D eigenvalue weighted by atomic mass is 32.1. The van der Waals surface area contributed by atoms with Gasteiger partial charge in [0.15, 0.2) is 0 Å². The number of nitrogens with zero attached hydrogens (tertiary/aromatic N) is 1. The number of carbonyl (C=O) groups is 1. The number of pyridine rings is 1. The smallest absolute Gasteiger partial charge is 0.248 e. The Bertz CT molecular complexity index is 1520. The summed E-state index contributed by atoms with van der Waals surface area (Å²) in [6.45, 7) is 3.80. The van der Waals surface area contributed by atoms with Gasteiger partial charge in [-0.2, -0.15) is 0 Å². The van der Waals surface area contributed by atoms with E-state index in [1.165, 1.54) is 0 Å². The normalized spacial score (nSPS) is 10.8. The van der Waals surface area contributed by atoms with Crippen molar-refractivity contribution in [2.75, 3.05) is 5.73 Å². The fourth-order valence-corrected chi connectivity index (χ4v) is 4.95. The lowest BCUT2D eigenvalue weighted by Crippen LogP contribution is -2.11. The van der Waals surface area contributed by atoms with E-state index in [4.69, 9.17) is 16.2 Å². The molecule has 34 heavy (non-hydrogen) atoms. The molecule has 0 saturated carbocycles. The molecule has 2 heterocycles. The van der Waals surface area contributed by atoms with Crippen molar-refractivity contribution in [2.24, 2.45) is 5.73 Å². The Morgan fingerprint density at radius 1 is 0.882 bits per heavy atom. The molecule has 6 heteroatoms. The molecule has 0 spiro atoms. The molecule has 0 aliphatic heterocycles. The number of hydrogen-bond donors (Lipinski definition) is 2. The van der Waals surface area contributed by atoms with Crippen LogP contribution in [-0.2, 0) is 4.79 Å². The predicted molar refractivity (Wildman–Crippen MR) is 140 cm³/mol. The lowest BCUT2D eigenvalue weighted by atomic mass is 9.98. The topological polar surface area (TPSA) is 91.2 Å². The highest BCUT2D eigenvalue weighted by molar-refractivity contribution is 7.18. The SMILES string of the molecule is C=C(C(N)=O)c1cccc(-c2cnc(N)c3c(-c4ccc(Oc5ccccc5)cc4)csc23)c1. The van der Waals surface area contributed by atoms with Crippen LogP contribution < -0.4 is 16.2 Å². The quantitative estimate of drug-likeness (QED) is 0.281. The van der Waals surface area contributed by atoms with Crippen molar-refractivity contribution in [1.82, 2.24) is 4.98 Å². The number of nitrogen functional groups attached to an aromatic ring is 1. The number of aromatic nitrogens is 1. The van der Waals surface area contributed by atoms with Gasteiger partial charge in [-0.25, -0.2) is 4.98 Å². The molecule has 0 aliphatic rings. The third-order valence-corrected chi connectivity index (χ3v) is 6.60. The third-order valence-electron chi connectivity index (χ3n) is 5.59. The van der Waals surface area contributed by atoms with Gasteiger partial charge in [-0.05, 0) is 52.4 Å². The zero-order chi connectivity index (χ0) is 23.7. The number of anilines is 1. The van der Waals surface area contributed by atoms with Crippen LogP contribution in [-0.4, -0.2) is 10.9 Å². The first kappa shape index (κ1) is 21.4. The van der Waals surface area contributed by atoms with E-state index in [-0.39, 0.29) is 5.57 Å². The minimum Gasteiger partial charge on any atom is -0.457 e. The largest absolute Gasteiger partial charge is 0.457 e. The average molecular weight is 464 g/mol. The van der Waals surface area contributed by atoms with Gasteiger partial charge in [0.25, 0.3) is 0 Å². The van der Waals surface area contributed by atoms with Crippen molar-refractivity contribution in [3.8, 4) is 33.8 Å². The number of benzene rings is 3. The van der Waals surface area contributed by atoms with Crippen LogP contribution in [0.25, 0.3) is 37.9 Å². The highest BCUT2D eigenvalue weighted by Gasteiger charge is 2.16. The monoisotopic (exact) mass is 463 g/mol. The minimum atomic E-state index is -0.546. The Balaban J connectivity index is 1.53. The molecule has 5 nitrogen and oxygen atoms in total. The van der Waals surface area contributed by atoms with Gasteiger partial charge >= 0.3 is 0 Å². The summed E-state index contributed by atoms with van der Waals surface area (Å²) in [5, 5.41) is 2.99. The van der Waals surface area contributed by atoms with Crippen molar-refractivity contribution >= 4 is 38.7 Å². The molecule has 3 aromatic carbocycles. The van der Waals surface area contributed by atoms with E-state index in [1.807, 2.05) is 78.9 Å². The highest BCUT2D eigenvalue weighted by Crippen LogP contribution is 2.42. The van der Waals surface area contributed by atoms with Crippen molar-refractivity contribution in [3.63, 3.8) is 0 Å². The number of carbonyl (C=O) groups excluding carboxylic acids is 1. The van der Waals surface area contributed by atoms with Crippen molar-refractivity contribution in [2.45, 2.75) is 0 Å². The number of nitrogens with two attached hydrogens (primary N) is 2. The number of amides is 1. The maximum absolute atomic E-state index is 11.6. The molecule has 0 saturated heterocycles. The van der Waals surface area contributed by atoms with E-state index in [0.717, 1.165) is 43.8 Å². The molecule has 166 valence electrons. The Morgan fingerprint density at radius 2 is 1.62 bits per heavy atom. The first-order valence-corrected chi connectivity index (χ1v) is 11.5. The second-order valence-corrected chi connectivity index (χ2v) is 8.65. The minimum absolute atomic E-state index is 0.270. The summed E-state index contributed by atoms with van der Waals surface area (Å²) in [5.41, 5.74) is 16.6. The van der Waals surface area contributed by atoms with Crippen molar-refractivity contribution < 1.29 is 9.53 Å². The van der Waals surface area contributed by atoms with Crippen LogP contribution in [0.5, 0.6) is 11.5 Å². The number of ether oxygens (including phenoxy) is 1. The van der Waals surface area contributed by atoms with E-state index in [2.05, 4.69) is 16.9 Å². The molecule has 5 rings (SSSR count). The molecular weight excluding hydrogens is 442 g/mol. The summed E-state index contributed by atoms with van der Waals surface area (Å²) in [7, 11) is 0. The molecule has 5 aromatic rings. The zero-order valence-corrected chi connectivity index (χ0v) is 19.0. The van der Waals surface area contributed by atoms with Crippen LogP contribution in [0.3, 0.4) is 0 Å². The van der Waals surface area contributed by atoms with Gasteiger partial charge in [0.1, 0.15) is 17.3 Å². The summed E-state index contributed by atoms with van der Waals surface area (Å²) >= 11 is 1.61. The van der Waals surface area contributed by atoms with Gasteiger partial charge in [-0.3, -0.25) is 4.79 Å². The number of fused-ring (bicyclic) bond motifs is 1. The molecular formula is C28H21N3O2S. The summed E-state index contributed by atoms with van der Waals surface area (Å²) in [6, 6.07) is 25.1. The second kappa shape index (κ2) is 8.84. The molecule has 1 amide bonds. The maximum Gasteiger partial charge on any atom is 0.248 e. The lowest BCUT2D eigenvalue weighted by molar-refractivity contribution is -0.112. The van der Waals surface area contributed by atoms with Crippen LogP contribution in [0, 0.1) is 0 Å². The Kier molecular flexibility index (Phi) is 5.57. The maximum atomic E-state index is 11.6. The Labute approximate surface area is 201 Å². The predicted octanol–water partition coefficient (Wildman–Crippen LogP) is 6.50. The first-order chi connectivity index (χ1) is 16.5. The van der Waals surface area contributed by atoms with E-state index in [0.29, 0.717) is 11.4 Å². The molecule has 0 atom stereocenters. The lowest BCUT2D eigenvalue weighted by Gasteiger charge is -2.09. The standard InChI is InChI=1S/C28H21N3O2S/c1-17(28(30)32)19-6-5-7-20(14-19)23-15-31-27(29)25-24(16-34-26(23)25)18-10-12-22(13-11-18)33-21-8-3-2-4-9-21/h2-16H,1H2,(H2,29,31)(H2,30,32). The zero-order valence-electron chi connectivity index (χ0n) is 18.2. The average Bonchev–Trinajstić information content (AvgIpc) is 3.31. The van der Waals surface area contributed by atoms with Gasteiger partial charge in [0.05, 0.1) is 0 Å². The van der Waals surface area contributed by atoms with Crippen molar-refractivity contribution in [1.29, 1.82) is 0 Å². The van der Waals surface area contributed by atoms with Crippen LogP contribution in [0.1, 0.15) is 5.56 Å². The van der Waals surface area contributed by atoms with Gasteiger partial charge in [-0.15, -0.1) is 11.3 Å². The molecule has 0 unspecified atom stereocenters. The number of rotatable bonds is 6. The summed E-state index contributed by atoms with van der Waals surface area (Å²) in [4.78, 5) is 16.0. The molecule has 4 N–H and O–H groups in total. The third kappa shape index (κ3) is 4.02. The Morgan fingerprint density at radius 3 is 2.35 bits per heavy atom. The van der Waals surface area contributed by atoms with E-state index in [1.54, 1.807) is 17.5 Å². The summed E-state index contributed by atoms with van der Waals surface area (Å²) < 4.78 is 6.93. The van der Waals surface area contributed by atoms with Crippen LogP contribution in [0.4, 0.5) is 5.82 Å². The van der Waals surface area contributed by atoms with Crippen LogP contribution in [0.2, 0.25) is 0 Å². The van der Waals surface area contributed by atoms with Crippen LogP contribution in [0.15, 0.2) is 97.0 Å². The first-order valence-electron chi connectivity index (χ1n) is 10.6. The van der Waals surface area contributed by atoms with Gasteiger partial charge in [0.2, 0.25) is 5.91 Å². The Hall–Kier alpha value is -4.42. The van der Waals surface area contributed by atoms with E-state index >= 15 is 0 Å². The fraction of sp³-hybridized carbons (Fsp3) is 0. The molecule has 2 aromatic heterocycles. The molecule has 0 fully saturated rings. The number of para-hydroxylation sites is 1. The molecule has 0 radical (unpaired) electrons. The van der Waals surface area contributed by atoms with E-state index in [9.17, 15) is 4.79 Å². The van der Waals surface area contributed by atoms with Gasteiger partial charge in [-0.1, -0.05) is 55.1 Å². The summed E-state index contributed by atoms with van der Waals surface area (Å²) in [5.74, 6) is 1.47. The number of primary amides is 1. The molecule has 0 bridgehead atoms. The van der Waals surface area contributed by atoms with E-state index < -0.39 is 5.91 Å². The van der Waals surface area contributed by atoms with Gasteiger partial charge in [0, 0.05) is 33.0 Å². The van der Waals surface area contributed by atoms with Crippen molar-refractivity contribution in [3.05, 3.63) is 103 Å². The van der Waals surface area contributed by atoms with Crippen LogP contribution >= 0.6 is 11.3 Å². The summed E-state index contributed by atoms with van der Waals surface area (Å²) in [6.07, 6.45) is 1.76.